The number of carbonyl (C=O) groups is 6. The first-order valence-corrected chi connectivity index (χ1v) is 40.1. The first-order chi connectivity index (χ1) is 52.1. The molecule has 3 aliphatic carbocycles. The summed E-state index contributed by atoms with van der Waals surface area (Å²) in [6.07, 6.45) is 15.5. The quantitative estimate of drug-likeness (QED) is 0.0216. The van der Waals surface area contributed by atoms with Gasteiger partial charge in [-0.3, -0.25) is 43.7 Å². The fourth-order valence-electron chi connectivity index (χ4n) is 13.6. The normalized spacial score (nSPS) is 13.0. The van der Waals surface area contributed by atoms with Crippen LogP contribution in [0.4, 0.5) is 32.1 Å². The molecular weight excluding hydrogens is 1440 g/mol. The summed E-state index contributed by atoms with van der Waals surface area (Å²) in [5.74, 6) is -1.30. The molecule has 0 bridgehead atoms. The maximum absolute atomic E-state index is 13.1. The van der Waals surface area contributed by atoms with Gasteiger partial charge < -0.3 is 53.8 Å². The molecule has 107 heavy (non-hydrogen) atoms. The van der Waals surface area contributed by atoms with Crippen LogP contribution in [0.15, 0.2) is 192 Å². The lowest BCUT2D eigenvalue weighted by Gasteiger charge is -2.17. The van der Waals surface area contributed by atoms with Crippen LogP contribution in [0.5, 0.6) is 5.75 Å². The average molecular weight is 1520 g/mol. The third kappa shape index (κ3) is 18.1. The zero-order chi connectivity index (χ0) is 74.3. The van der Waals surface area contributed by atoms with Crippen LogP contribution in [-0.4, -0.2) is 87.1 Å². The van der Waals surface area contributed by atoms with E-state index in [0.29, 0.717) is 37.4 Å². The molecule has 0 saturated carbocycles. The summed E-state index contributed by atoms with van der Waals surface area (Å²) in [5.41, 5.74) is 30.5. The first-order valence-electron chi connectivity index (χ1n) is 35.8. The van der Waals surface area contributed by atoms with Crippen LogP contribution in [0.25, 0.3) is 32.7 Å². The van der Waals surface area contributed by atoms with Gasteiger partial charge in [0.15, 0.2) is 6.10 Å². The number of nitrogens with zero attached hydrogens (tertiary/aromatic N) is 3. The minimum atomic E-state index is -0.789. The zero-order valence-electron chi connectivity index (χ0n) is 59.3. The van der Waals surface area contributed by atoms with Crippen molar-refractivity contribution in [2.24, 2.45) is 17.2 Å². The first kappa shape index (κ1) is 74.6. The number of pyridine rings is 3. The molecule has 12 aromatic rings. The lowest BCUT2D eigenvalue weighted by Crippen LogP contribution is -2.30. The fourth-order valence-corrected chi connectivity index (χ4v) is 19.4. The molecule has 0 aliphatic heterocycles. The van der Waals surface area contributed by atoms with Crippen molar-refractivity contribution < 1.29 is 33.5 Å². The number of thioether (sulfide) groups is 2. The maximum Gasteiger partial charge on any atom is 0.265 e. The van der Waals surface area contributed by atoms with Crippen molar-refractivity contribution in [1.82, 2.24) is 15.0 Å². The number of aromatic nitrogens is 3. The molecule has 0 radical (unpaired) electrons. The Bertz CT molecular complexity index is 5030. The number of carbonyl (C=O) groups excluding carboxylic acids is 6. The van der Waals surface area contributed by atoms with E-state index < -0.39 is 23.8 Å². The summed E-state index contributed by atoms with van der Waals surface area (Å²) >= 11 is 7.33. The number of nitrogens with two attached hydrogens (primary N) is 3. The van der Waals surface area contributed by atoms with Gasteiger partial charge in [-0.2, -0.15) is 0 Å². The van der Waals surface area contributed by atoms with Crippen molar-refractivity contribution in [2.75, 3.05) is 57.3 Å². The van der Waals surface area contributed by atoms with Gasteiger partial charge in [-0.05, 0) is 167 Å². The van der Waals surface area contributed by atoms with Crippen molar-refractivity contribution in [3.05, 3.63) is 247 Å². The Kier molecular flexibility index (Phi) is 24.5. The van der Waals surface area contributed by atoms with Crippen LogP contribution >= 0.6 is 57.5 Å². The van der Waals surface area contributed by atoms with E-state index in [-0.39, 0.29) is 28.7 Å². The zero-order valence-corrected chi connectivity index (χ0v) is 63.3. The van der Waals surface area contributed by atoms with E-state index in [1.807, 2.05) is 104 Å². The highest BCUT2D eigenvalue weighted by Crippen LogP contribution is 2.43. The number of ether oxygens (including phenoxy) is 1. The van der Waals surface area contributed by atoms with E-state index in [2.05, 4.69) is 108 Å². The Balaban J connectivity index is 0.000000142. The molecule has 546 valence electrons. The second-order valence-corrected chi connectivity index (χ2v) is 31.8. The summed E-state index contributed by atoms with van der Waals surface area (Å²) in [5, 5.41) is 23.4. The van der Waals surface area contributed by atoms with Crippen LogP contribution in [0, 0.1) is 0 Å². The van der Waals surface area contributed by atoms with Crippen LogP contribution in [-0.2, 0) is 72.2 Å². The van der Waals surface area contributed by atoms with Crippen molar-refractivity contribution in [3.8, 4) is 5.75 Å². The molecular formula is C83H82N12O7S5. The van der Waals surface area contributed by atoms with Gasteiger partial charge in [-0.25, -0.2) is 0 Å². The highest BCUT2D eigenvalue weighted by molar-refractivity contribution is 8.01. The summed E-state index contributed by atoms with van der Waals surface area (Å²) in [4.78, 5) is 94.2. The van der Waals surface area contributed by atoms with Gasteiger partial charge in [0.25, 0.3) is 23.6 Å². The van der Waals surface area contributed by atoms with Crippen LogP contribution < -0.4 is 53.8 Å². The van der Waals surface area contributed by atoms with Gasteiger partial charge in [-0.1, -0.05) is 121 Å². The Morgan fingerprint density at radius 3 is 1.26 bits per heavy atom. The molecule has 0 saturated heterocycles. The van der Waals surface area contributed by atoms with Gasteiger partial charge in [0.05, 0.1) is 61.3 Å². The van der Waals surface area contributed by atoms with Crippen molar-refractivity contribution in [1.29, 1.82) is 0 Å². The number of para-hydroxylation sites is 3. The number of anilines is 6. The van der Waals surface area contributed by atoms with Gasteiger partial charge in [0.1, 0.15) is 20.8 Å². The predicted molar refractivity (Wildman–Crippen MR) is 438 cm³/mol. The van der Waals surface area contributed by atoms with Crippen molar-refractivity contribution in [2.45, 2.75) is 112 Å². The van der Waals surface area contributed by atoms with Gasteiger partial charge in [0, 0.05) is 78.8 Å². The van der Waals surface area contributed by atoms with E-state index in [1.165, 1.54) is 74.2 Å². The van der Waals surface area contributed by atoms with E-state index in [0.717, 1.165) is 188 Å². The molecule has 0 fully saturated rings. The highest BCUT2D eigenvalue weighted by Gasteiger charge is 2.31. The molecule has 15 rings (SSSR count). The number of hydrogen-bond acceptors (Lipinski definition) is 18. The van der Waals surface area contributed by atoms with E-state index in [9.17, 15) is 28.8 Å². The molecule has 6 heterocycles. The number of fused-ring (bicyclic) bond motifs is 6. The summed E-state index contributed by atoms with van der Waals surface area (Å²) < 4.78 is 6.08. The molecule has 6 aromatic carbocycles. The van der Waals surface area contributed by atoms with Gasteiger partial charge >= 0.3 is 0 Å². The lowest BCUT2D eigenvalue weighted by molar-refractivity contribution is -0.122. The largest absolute Gasteiger partial charge is 0.480 e. The molecule has 2 unspecified atom stereocenters. The number of nitrogens with one attached hydrogen (secondary N) is 6. The third-order valence-corrected chi connectivity index (χ3v) is 24.7. The van der Waals surface area contributed by atoms with Crippen LogP contribution in [0.3, 0.4) is 0 Å². The summed E-state index contributed by atoms with van der Waals surface area (Å²) in [6, 6.07) is 54.7. The van der Waals surface area contributed by atoms with Crippen LogP contribution in [0.2, 0.25) is 0 Å². The SMILES string of the molecule is CC(Oc1ccnc2c(NCCc3ccccc3)cccc12)C(=O)Nc1sc2c(c1C(N)=O)CCC2.CC(Sc1ccnc2c(NCCc3ccccc3)cccc12)C(=O)Nc1sc2c(c1C(N)=O)CCC2.NC(=O)c1c(NC(=O)CSc2ccnc3c(NCCc4ccccc4)cccc23)sc2c1CCC2. The topological polar surface area (TPSA) is 301 Å². The van der Waals surface area contributed by atoms with Crippen molar-refractivity contribution in [3.63, 3.8) is 0 Å². The standard InChI is InChI=1S/C28H28N4O3S.C28H28N4O2S2.C27H26N4O2S2/c1-17(27(34)32-28-24(26(29)33)20-10-6-12-23(20)36-28)35-22-14-16-31-25-19(22)9-5-11-21(25)30-15-13-18-7-3-2-4-8-18;1-17(27(34)32-28-24(26(29)33)19-9-6-12-22(19)36-28)35-23-14-16-31-25-20(23)10-5-11-21(25)30-15-13-18-7-3-2-4-8-18;28-26(33)24-18-8-5-11-22(18)35-27(24)31-23(32)16-34-21-13-15-30-25-19(21)9-4-10-20(25)29-14-12-17-6-2-1-3-7-17/h2-5,7-9,11,14,16-17,30H,6,10,12-13,15H2,1H3,(H2,29,33)(H,32,34);2-5,7-8,10-11,14,16-17,30H,6,9,12-13,15H2,1H3,(H2,29,33)(H,32,34);1-4,6-7,9-10,13,15,29H,5,8,11-12,14,16H2,(H2,28,33)(H,31,32). The Labute approximate surface area is 641 Å². The number of thiophene rings is 3. The predicted octanol–water partition coefficient (Wildman–Crippen LogP) is 15.9. The molecule has 6 amide bonds. The van der Waals surface area contributed by atoms with Crippen LogP contribution in [0.1, 0.15) is 112 Å². The minimum Gasteiger partial charge on any atom is -0.480 e. The highest BCUT2D eigenvalue weighted by atomic mass is 32.2. The maximum atomic E-state index is 13.1. The van der Waals surface area contributed by atoms with Gasteiger partial charge in [-0.15, -0.1) is 57.5 Å². The number of amides is 6. The van der Waals surface area contributed by atoms with E-state index in [1.54, 1.807) is 31.6 Å². The second kappa shape index (κ2) is 35.2. The molecule has 0 spiro atoms. The monoisotopic (exact) mass is 1520 g/mol. The number of rotatable bonds is 27. The fraction of sp³-hybridized carbons (Fsp3) is 0.241. The minimum absolute atomic E-state index is 0.149. The second-order valence-electron chi connectivity index (χ2n) is 26.1. The van der Waals surface area contributed by atoms with E-state index in [4.69, 9.17) is 21.9 Å². The molecule has 6 aromatic heterocycles. The average Bonchev–Trinajstić information content (AvgIpc) is 1.65. The number of aryl methyl sites for hydroxylation is 3. The lowest BCUT2D eigenvalue weighted by atomic mass is 10.1. The molecule has 2 atom stereocenters. The Morgan fingerprint density at radius 1 is 0.439 bits per heavy atom. The summed E-state index contributed by atoms with van der Waals surface area (Å²) in [7, 11) is 0. The smallest absolute Gasteiger partial charge is 0.265 e. The Hall–Kier alpha value is -10.6. The third-order valence-electron chi connectivity index (χ3n) is 18.8. The molecule has 19 nitrogen and oxygen atoms in total. The Morgan fingerprint density at radius 2 is 0.822 bits per heavy atom. The number of hydrogen-bond donors (Lipinski definition) is 9. The molecule has 3 aliphatic rings. The number of primary amides is 3. The number of benzene rings is 6. The van der Waals surface area contributed by atoms with Gasteiger partial charge in [0.2, 0.25) is 11.8 Å². The van der Waals surface area contributed by atoms with Crippen molar-refractivity contribution >= 4 is 158 Å². The summed E-state index contributed by atoms with van der Waals surface area (Å²) in [6.45, 7) is 5.93. The van der Waals surface area contributed by atoms with E-state index >= 15 is 0 Å². The molecule has 24 heteroatoms. The molecule has 12 N–H and O–H groups in total.